The van der Waals surface area contributed by atoms with Crippen molar-refractivity contribution in [2.24, 2.45) is 0 Å². The average molecular weight is 550 g/mol. The van der Waals surface area contributed by atoms with Crippen LogP contribution >= 0.6 is 34.3 Å². The lowest BCUT2D eigenvalue weighted by Gasteiger charge is -2.18. The molecule has 3 heterocycles. The number of amides is 2. The highest BCUT2D eigenvalue weighted by atomic mass is 35.5. The second-order valence-electron chi connectivity index (χ2n) is 8.49. The molecule has 0 radical (unpaired) electrons. The van der Waals surface area contributed by atoms with E-state index in [1.807, 2.05) is 36.6 Å². The lowest BCUT2D eigenvalue weighted by atomic mass is 10.1. The number of hydrogen-bond donors (Lipinski definition) is 1. The predicted octanol–water partition coefficient (Wildman–Crippen LogP) is 7.30. The number of thiazole rings is 1. The van der Waals surface area contributed by atoms with Crippen LogP contribution in [0.1, 0.15) is 33.4 Å². The SMILES string of the molecule is CCc1ccc(-c2csc(N(C(=O)Cc3c(C)[nH]c4ccc(OC)cc34)C(=O)c3ccc(Cl)cc3)n2)s1. The van der Waals surface area contributed by atoms with E-state index < -0.39 is 5.91 Å². The average Bonchev–Trinajstić information content (AvgIpc) is 3.64. The molecule has 0 fully saturated rings. The van der Waals surface area contributed by atoms with Crippen LogP contribution in [-0.4, -0.2) is 28.9 Å². The van der Waals surface area contributed by atoms with Crippen molar-refractivity contribution in [3.05, 3.63) is 86.7 Å². The molecule has 9 heteroatoms. The topological polar surface area (TPSA) is 75.3 Å². The first kappa shape index (κ1) is 25.2. The normalized spacial score (nSPS) is 11.1. The van der Waals surface area contributed by atoms with Crippen LogP contribution in [0, 0.1) is 6.92 Å². The van der Waals surface area contributed by atoms with Crippen molar-refractivity contribution in [2.45, 2.75) is 26.7 Å². The number of aromatic nitrogens is 2. The number of aryl methyl sites for hydroxylation is 2. The minimum Gasteiger partial charge on any atom is -0.497 e. The second-order valence-corrected chi connectivity index (χ2v) is 10.9. The summed E-state index contributed by atoms with van der Waals surface area (Å²) in [4.78, 5) is 39.0. The number of methoxy groups -OCH3 is 1. The van der Waals surface area contributed by atoms with Crippen molar-refractivity contribution in [2.75, 3.05) is 12.0 Å². The van der Waals surface area contributed by atoms with Gasteiger partial charge in [-0.25, -0.2) is 9.88 Å². The van der Waals surface area contributed by atoms with E-state index in [1.54, 1.807) is 42.7 Å². The fourth-order valence-corrected chi connectivity index (χ4v) is 6.11. The van der Waals surface area contributed by atoms with E-state index in [0.717, 1.165) is 39.2 Å². The van der Waals surface area contributed by atoms with Crippen LogP contribution < -0.4 is 9.64 Å². The number of carbonyl (C=O) groups is 2. The summed E-state index contributed by atoms with van der Waals surface area (Å²) in [7, 11) is 1.61. The van der Waals surface area contributed by atoms with Crippen molar-refractivity contribution in [1.82, 2.24) is 9.97 Å². The molecular formula is C28H24ClN3O3S2. The Hall–Kier alpha value is -3.46. The molecule has 5 aromatic rings. The molecule has 0 unspecified atom stereocenters. The Morgan fingerprint density at radius 3 is 2.59 bits per heavy atom. The van der Waals surface area contributed by atoms with Crippen LogP contribution in [-0.2, 0) is 17.6 Å². The highest BCUT2D eigenvalue weighted by Gasteiger charge is 2.29. The maximum absolute atomic E-state index is 13.8. The van der Waals surface area contributed by atoms with Gasteiger partial charge in [-0.15, -0.1) is 22.7 Å². The standard InChI is InChI=1S/C28H24ClN3O3S2/c1-4-20-10-12-25(37-20)24-15-36-28(31-24)32(27(34)17-5-7-18(29)8-6-17)26(33)14-21-16(2)30-23-11-9-19(35-3)13-22(21)23/h5-13,15,30H,4,14H2,1-3H3. The van der Waals surface area contributed by atoms with E-state index in [1.165, 1.54) is 21.1 Å². The lowest BCUT2D eigenvalue weighted by Crippen LogP contribution is -2.38. The minimum absolute atomic E-state index is 0.0201. The first-order chi connectivity index (χ1) is 17.9. The number of imide groups is 1. The van der Waals surface area contributed by atoms with E-state index in [-0.39, 0.29) is 12.3 Å². The number of thiophene rings is 1. The van der Waals surface area contributed by atoms with Gasteiger partial charge in [-0.05, 0) is 73.5 Å². The molecule has 0 atom stereocenters. The number of fused-ring (bicyclic) bond motifs is 1. The second kappa shape index (κ2) is 10.5. The summed E-state index contributed by atoms with van der Waals surface area (Å²) in [6, 6.07) is 16.3. The maximum atomic E-state index is 13.8. The molecule has 0 aliphatic rings. The zero-order valence-electron chi connectivity index (χ0n) is 20.5. The number of aromatic amines is 1. The first-order valence-corrected chi connectivity index (χ1v) is 13.8. The Morgan fingerprint density at radius 2 is 1.89 bits per heavy atom. The summed E-state index contributed by atoms with van der Waals surface area (Å²) in [5.41, 5.74) is 3.68. The first-order valence-electron chi connectivity index (χ1n) is 11.7. The Labute approximate surface area is 227 Å². The third-order valence-electron chi connectivity index (χ3n) is 6.14. The van der Waals surface area contributed by atoms with Crippen LogP contribution in [0.4, 0.5) is 5.13 Å². The Balaban J connectivity index is 1.54. The number of halogens is 1. The molecule has 37 heavy (non-hydrogen) atoms. The van der Waals surface area contributed by atoms with Crippen LogP contribution in [0.25, 0.3) is 21.5 Å². The van der Waals surface area contributed by atoms with E-state index >= 15 is 0 Å². The van der Waals surface area contributed by atoms with Crippen molar-refractivity contribution < 1.29 is 14.3 Å². The van der Waals surface area contributed by atoms with Gasteiger partial charge < -0.3 is 9.72 Å². The van der Waals surface area contributed by atoms with E-state index in [4.69, 9.17) is 21.3 Å². The molecule has 0 aliphatic carbocycles. The molecule has 2 aromatic carbocycles. The monoisotopic (exact) mass is 549 g/mol. The Kier molecular flexibility index (Phi) is 7.15. The van der Waals surface area contributed by atoms with Crippen LogP contribution in [0.3, 0.4) is 0 Å². The van der Waals surface area contributed by atoms with Crippen molar-refractivity contribution in [3.63, 3.8) is 0 Å². The van der Waals surface area contributed by atoms with Crippen molar-refractivity contribution in [1.29, 1.82) is 0 Å². The molecule has 2 amide bonds. The van der Waals surface area contributed by atoms with Gasteiger partial charge in [-0.3, -0.25) is 9.59 Å². The summed E-state index contributed by atoms with van der Waals surface area (Å²) in [5.74, 6) is -0.118. The van der Waals surface area contributed by atoms with Gasteiger partial charge in [-0.2, -0.15) is 0 Å². The van der Waals surface area contributed by atoms with Crippen LogP contribution in [0.2, 0.25) is 5.02 Å². The third-order valence-corrected chi connectivity index (χ3v) is 8.47. The zero-order valence-corrected chi connectivity index (χ0v) is 22.9. The van der Waals surface area contributed by atoms with Crippen molar-refractivity contribution >= 4 is 62.1 Å². The Morgan fingerprint density at radius 1 is 1.11 bits per heavy atom. The van der Waals surface area contributed by atoms with Gasteiger partial charge >= 0.3 is 0 Å². The largest absolute Gasteiger partial charge is 0.497 e. The molecule has 188 valence electrons. The van der Waals surface area contributed by atoms with Crippen LogP contribution in [0.15, 0.2) is 60.0 Å². The quantitative estimate of drug-likeness (QED) is 0.231. The number of hydrogen-bond acceptors (Lipinski definition) is 6. The molecule has 0 saturated heterocycles. The molecular weight excluding hydrogens is 526 g/mol. The van der Waals surface area contributed by atoms with E-state index in [0.29, 0.717) is 21.5 Å². The van der Waals surface area contributed by atoms with Gasteiger partial charge in [0.05, 0.1) is 24.1 Å². The molecule has 5 rings (SSSR count). The summed E-state index contributed by atoms with van der Waals surface area (Å²) in [6.45, 7) is 4.03. The highest BCUT2D eigenvalue weighted by molar-refractivity contribution is 7.17. The van der Waals surface area contributed by atoms with Gasteiger partial charge in [0.1, 0.15) is 5.75 Å². The summed E-state index contributed by atoms with van der Waals surface area (Å²) in [5, 5.41) is 3.62. The molecule has 3 aromatic heterocycles. The lowest BCUT2D eigenvalue weighted by molar-refractivity contribution is -0.117. The summed E-state index contributed by atoms with van der Waals surface area (Å²) >= 11 is 8.98. The fourth-order valence-electron chi connectivity index (χ4n) is 4.16. The van der Waals surface area contributed by atoms with Gasteiger partial charge in [0.2, 0.25) is 5.91 Å². The fraction of sp³-hybridized carbons (Fsp3) is 0.179. The minimum atomic E-state index is -0.446. The van der Waals surface area contributed by atoms with Gasteiger partial charge in [0.25, 0.3) is 5.91 Å². The van der Waals surface area contributed by atoms with Gasteiger partial charge in [0.15, 0.2) is 5.13 Å². The summed E-state index contributed by atoms with van der Waals surface area (Å²) < 4.78 is 5.39. The Bertz CT molecular complexity index is 1600. The number of carbonyl (C=O) groups excluding carboxylic acids is 2. The molecule has 0 aliphatic heterocycles. The highest BCUT2D eigenvalue weighted by Crippen LogP contribution is 2.34. The van der Waals surface area contributed by atoms with E-state index in [9.17, 15) is 9.59 Å². The number of benzene rings is 2. The maximum Gasteiger partial charge on any atom is 0.266 e. The zero-order chi connectivity index (χ0) is 26.1. The molecule has 0 spiro atoms. The van der Waals surface area contributed by atoms with E-state index in [2.05, 4.69) is 18.0 Å². The molecule has 0 saturated carbocycles. The number of rotatable bonds is 7. The number of ether oxygens (including phenoxy) is 1. The third kappa shape index (κ3) is 5.05. The van der Waals surface area contributed by atoms with Crippen molar-refractivity contribution in [3.8, 4) is 16.3 Å². The number of anilines is 1. The molecule has 0 bridgehead atoms. The van der Waals surface area contributed by atoms with Crippen LogP contribution in [0.5, 0.6) is 5.75 Å². The van der Waals surface area contributed by atoms with Gasteiger partial charge in [-0.1, -0.05) is 18.5 Å². The number of H-pyrrole nitrogens is 1. The molecule has 6 nitrogen and oxygen atoms in total. The number of nitrogens with zero attached hydrogens (tertiary/aromatic N) is 2. The number of nitrogens with one attached hydrogen (secondary N) is 1. The smallest absolute Gasteiger partial charge is 0.266 e. The molecule has 1 N–H and O–H groups in total. The summed E-state index contributed by atoms with van der Waals surface area (Å²) in [6.07, 6.45) is 0.961. The van der Waals surface area contributed by atoms with Gasteiger partial charge in [0, 0.05) is 37.4 Å². The predicted molar refractivity (Wildman–Crippen MR) is 151 cm³/mol.